The fourth-order valence-corrected chi connectivity index (χ4v) is 1.42. The lowest BCUT2D eigenvalue weighted by atomic mass is 10.1. The number of methoxy groups -OCH3 is 1. The molecule has 0 saturated heterocycles. The van der Waals surface area contributed by atoms with Crippen LogP contribution in [-0.4, -0.2) is 17.0 Å². The maximum atomic E-state index is 10.3. The van der Waals surface area contributed by atoms with Gasteiger partial charge in [0, 0.05) is 17.3 Å². The van der Waals surface area contributed by atoms with Crippen LogP contribution in [0.15, 0.2) is 12.3 Å². The smallest absolute Gasteiger partial charge is 0.235 e. The third-order valence-electron chi connectivity index (χ3n) is 2.26. The number of hydrogen-bond acceptors (Lipinski definition) is 4. The van der Waals surface area contributed by atoms with E-state index in [1.807, 2.05) is 19.9 Å². The zero-order chi connectivity index (χ0) is 12.1. The first-order chi connectivity index (χ1) is 7.58. The lowest BCUT2D eigenvalue weighted by Gasteiger charge is -2.08. The largest absolute Gasteiger partial charge is 0.481 e. The van der Waals surface area contributed by atoms with E-state index in [4.69, 9.17) is 4.74 Å². The van der Waals surface area contributed by atoms with Crippen molar-refractivity contribution in [3.05, 3.63) is 39.2 Å². The van der Waals surface area contributed by atoms with Crippen LogP contribution in [0.1, 0.15) is 23.7 Å². The van der Waals surface area contributed by atoms with Gasteiger partial charge in [-0.05, 0) is 25.0 Å². The number of nitrogens with zero attached hydrogens (tertiary/aromatic N) is 2. The molecule has 0 aromatic carbocycles. The van der Waals surface area contributed by atoms with Gasteiger partial charge in [-0.2, -0.15) is 0 Å². The van der Waals surface area contributed by atoms with Crippen molar-refractivity contribution in [2.75, 3.05) is 7.11 Å². The molecule has 0 aliphatic carbocycles. The summed E-state index contributed by atoms with van der Waals surface area (Å²) in [4.78, 5) is 14.0. The lowest BCUT2D eigenvalue weighted by Crippen LogP contribution is -1.98. The van der Waals surface area contributed by atoms with Gasteiger partial charge in [0.25, 0.3) is 0 Å². The van der Waals surface area contributed by atoms with Crippen LogP contribution in [0, 0.1) is 17.0 Å². The average molecular weight is 222 g/mol. The highest BCUT2D eigenvalue weighted by molar-refractivity contribution is 5.55. The Labute approximate surface area is 93.9 Å². The van der Waals surface area contributed by atoms with Gasteiger partial charge in [-0.25, -0.2) is 4.98 Å². The van der Waals surface area contributed by atoms with E-state index in [1.165, 1.54) is 13.2 Å². The van der Waals surface area contributed by atoms with Crippen molar-refractivity contribution in [3.63, 3.8) is 0 Å². The van der Waals surface area contributed by atoms with Crippen molar-refractivity contribution in [2.45, 2.75) is 20.3 Å². The molecule has 0 spiro atoms. The molecule has 0 saturated carbocycles. The molecule has 0 fully saturated rings. The number of pyridine rings is 1. The normalized spacial score (nSPS) is 10.7. The van der Waals surface area contributed by atoms with Crippen LogP contribution < -0.4 is 4.74 Å². The van der Waals surface area contributed by atoms with Crippen LogP contribution in [0.3, 0.4) is 0 Å². The van der Waals surface area contributed by atoms with Crippen LogP contribution in [-0.2, 0) is 6.42 Å². The quantitative estimate of drug-likeness (QED) is 0.578. The Morgan fingerprint density at radius 1 is 1.62 bits per heavy atom. The van der Waals surface area contributed by atoms with Gasteiger partial charge in [-0.15, -0.1) is 0 Å². The molecule has 0 atom stereocenters. The molecular formula is C11H14N2O3. The number of hydrogen-bond donors (Lipinski definition) is 0. The molecule has 1 heterocycles. The third kappa shape index (κ3) is 2.79. The number of nitro groups is 1. The molecule has 86 valence electrons. The Morgan fingerprint density at radius 3 is 2.81 bits per heavy atom. The maximum Gasteiger partial charge on any atom is 0.235 e. The van der Waals surface area contributed by atoms with Gasteiger partial charge in [-0.3, -0.25) is 10.1 Å². The lowest BCUT2D eigenvalue weighted by molar-refractivity contribution is -0.400. The average Bonchev–Trinajstić information content (AvgIpc) is 2.26. The summed E-state index contributed by atoms with van der Waals surface area (Å²) in [6, 6.07) is 1.86. The number of aromatic nitrogens is 1. The van der Waals surface area contributed by atoms with Gasteiger partial charge in [0.1, 0.15) is 0 Å². The number of rotatable bonds is 4. The zero-order valence-corrected chi connectivity index (χ0v) is 9.56. The molecule has 0 aliphatic heterocycles. The van der Waals surface area contributed by atoms with Crippen LogP contribution >= 0.6 is 0 Å². The van der Waals surface area contributed by atoms with Gasteiger partial charge < -0.3 is 4.74 Å². The predicted octanol–water partition coefficient (Wildman–Crippen LogP) is 2.21. The van der Waals surface area contributed by atoms with Gasteiger partial charge in [-0.1, -0.05) is 6.92 Å². The van der Waals surface area contributed by atoms with E-state index in [9.17, 15) is 10.1 Å². The highest BCUT2D eigenvalue weighted by Crippen LogP contribution is 2.21. The minimum Gasteiger partial charge on any atom is -0.481 e. The van der Waals surface area contributed by atoms with E-state index in [0.29, 0.717) is 11.4 Å². The summed E-state index contributed by atoms with van der Waals surface area (Å²) < 4.78 is 5.07. The minimum absolute atomic E-state index is 0.410. The van der Waals surface area contributed by atoms with Crippen LogP contribution in [0.5, 0.6) is 5.88 Å². The van der Waals surface area contributed by atoms with E-state index in [0.717, 1.165) is 23.9 Å². The second kappa shape index (κ2) is 5.25. The fourth-order valence-electron chi connectivity index (χ4n) is 1.42. The molecule has 5 heteroatoms. The highest BCUT2D eigenvalue weighted by Gasteiger charge is 2.07. The van der Waals surface area contributed by atoms with Crippen LogP contribution in [0.25, 0.3) is 6.08 Å². The molecular weight excluding hydrogens is 208 g/mol. The first kappa shape index (κ1) is 12.2. The first-order valence-corrected chi connectivity index (χ1v) is 4.94. The second-order valence-electron chi connectivity index (χ2n) is 3.29. The molecule has 0 N–H and O–H groups in total. The van der Waals surface area contributed by atoms with Crippen molar-refractivity contribution in [1.82, 2.24) is 4.98 Å². The summed E-state index contributed by atoms with van der Waals surface area (Å²) in [5.41, 5.74) is 2.57. The Hall–Kier alpha value is -1.91. The van der Waals surface area contributed by atoms with Crippen LogP contribution in [0.4, 0.5) is 0 Å². The molecule has 1 rings (SSSR count). The standard InChI is InChI=1S/C11H14N2O3/c1-4-9-7-10(5-6-13(14)15)11(16-3)12-8(9)2/h5-7H,4H2,1-3H3/b6-5+. The summed E-state index contributed by atoms with van der Waals surface area (Å²) in [5, 5.41) is 10.3. The summed E-state index contributed by atoms with van der Waals surface area (Å²) in [6.45, 7) is 3.90. The van der Waals surface area contributed by atoms with Gasteiger partial charge in [0.15, 0.2) is 0 Å². The van der Waals surface area contributed by atoms with E-state index in [-0.39, 0.29) is 0 Å². The van der Waals surface area contributed by atoms with Gasteiger partial charge >= 0.3 is 0 Å². The van der Waals surface area contributed by atoms with Crippen molar-refractivity contribution >= 4 is 6.08 Å². The van der Waals surface area contributed by atoms with E-state index in [1.54, 1.807) is 0 Å². The molecule has 0 aliphatic rings. The Morgan fingerprint density at radius 2 is 2.31 bits per heavy atom. The van der Waals surface area contributed by atoms with Crippen LogP contribution in [0.2, 0.25) is 0 Å². The third-order valence-corrected chi connectivity index (χ3v) is 2.26. The fraction of sp³-hybridized carbons (Fsp3) is 0.364. The van der Waals surface area contributed by atoms with E-state index in [2.05, 4.69) is 4.98 Å². The summed E-state index contributed by atoms with van der Waals surface area (Å²) >= 11 is 0. The van der Waals surface area contributed by atoms with Gasteiger partial charge in [0.2, 0.25) is 12.1 Å². The maximum absolute atomic E-state index is 10.3. The van der Waals surface area contributed by atoms with E-state index < -0.39 is 4.92 Å². The second-order valence-corrected chi connectivity index (χ2v) is 3.29. The molecule has 1 aromatic heterocycles. The Bertz CT molecular complexity index is 427. The molecule has 0 unspecified atom stereocenters. The van der Waals surface area contributed by atoms with Crippen molar-refractivity contribution < 1.29 is 9.66 Å². The predicted molar refractivity (Wildman–Crippen MR) is 60.9 cm³/mol. The number of aryl methyl sites for hydroxylation is 2. The minimum atomic E-state index is -0.509. The Balaban J connectivity index is 3.19. The van der Waals surface area contributed by atoms with Crippen molar-refractivity contribution in [3.8, 4) is 5.88 Å². The molecule has 0 radical (unpaired) electrons. The SMILES string of the molecule is CCc1cc(/C=C/[N+](=O)[O-])c(OC)nc1C. The monoisotopic (exact) mass is 222 g/mol. The number of ether oxygens (including phenoxy) is 1. The molecule has 16 heavy (non-hydrogen) atoms. The summed E-state index contributed by atoms with van der Waals surface area (Å²) in [7, 11) is 1.50. The van der Waals surface area contributed by atoms with E-state index >= 15 is 0 Å². The summed E-state index contributed by atoms with van der Waals surface area (Å²) in [6.07, 6.45) is 3.11. The molecule has 5 nitrogen and oxygen atoms in total. The highest BCUT2D eigenvalue weighted by atomic mass is 16.6. The first-order valence-electron chi connectivity index (χ1n) is 4.94. The van der Waals surface area contributed by atoms with Crippen molar-refractivity contribution in [2.24, 2.45) is 0 Å². The van der Waals surface area contributed by atoms with Gasteiger partial charge in [0.05, 0.1) is 12.0 Å². The van der Waals surface area contributed by atoms with Crippen molar-refractivity contribution in [1.29, 1.82) is 0 Å². The topological polar surface area (TPSA) is 65.3 Å². The summed E-state index contributed by atoms with van der Waals surface area (Å²) in [5.74, 6) is 0.410. The Kier molecular flexibility index (Phi) is 3.99. The molecule has 0 amide bonds. The molecule has 0 bridgehead atoms. The zero-order valence-electron chi connectivity index (χ0n) is 9.56. The molecule has 1 aromatic rings.